The topological polar surface area (TPSA) is 71.7 Å². The second-order valence-corrected chi connectivity index (χ2v) is 7.34. The fourth-order valence-electron chi connectivity index (χ4n) is 3.28. The number of amides is 1. The second-order valence-electron chi connectivity index (χ2n) is 7.34. The lowest BCUT2D eigenvalue weighted by atomic mass is 10.0. The summed E-state index contributed by atoms with van der Waals surface area (Å²) in [5.41, 5.74) is 2.39. The van der Waals surface area contributed by atoms with Crippen molar-refractivity contribution in [1.82, 2.24) is 20.0 Å². The van der Waals surface area contributed by atoms with Crippen molar-refractivity contribution < 1.29 is 9.53 Å². The first-order chi connectivity index (χ1) is 12.9. The summed E-state index contributed by atoms with van der Waals surface area (Å²) in [7, 11) is 5.32. The average molecular weight is 369 g/mol. The number of aromatic nitrogens is 2. The van der Waals surface area contributed by atoms with Crippen LogP contribution in [0.15, 0.2) is 35.1 Å². The highest BCUT2D eigenvalue weighted by molar-refractivity contribution is 6.13. The molecule has 7 nitrogen and oxygen atoms in total. The fraction of sp³-hybridized carbons (Fsp3) is 0.450. The van der Waals surface area contributed by atoms with Gasteiger partial charge in [-0.15, -0.1) is 0 Å². The van der Waals surface area contributed by atoms with Gasteiger partial charge in [-0.3, -0.25) is 14.4 Å². The van der Waals surface area contributed by atoms with E-state index in [-0.39, 0.29) is 11.9 Å². The van der Waals surface area contributed by atoms with Crippen LogP contribution in [-0.4, -0.2) is 53.4 Å². The van der Waals surface area contributed by atoms with Gasteiger partial charge in [0.2, 0.25) is 5.96 Å². The Morgan fingerprint density at radius 1 is 1.30 bits per heavy atom. The number of carbonyl (C=O) groups is 1. The lowest BCUT2D eigenvalue weighted by Gasteiger charge is -2.23. The molecule has 0 saturated carbocycles. The fourth-order valence-corrected chi connectivity index (χ4v) is 3.28. The number of nitrogens with one attached hydrogen (secondary N) is 1. The molecule has 0 spiro atoms. The molecule has 0 fully saturated rings. The molecule has 3 rings (SSSR count). The van der Waals surface area contributed by atoms with E-state index >= 15 is 0 Å². The van der Waals surface area contributed by atoms with Gasteiger partial charge in [-0.25, -0.2) is 4.99 Å². The van der Waals surface area contributed by atoms with E-state index in [4.69, 9.17) is 4.74 Å². The molecule has 0 radical (unpaired) electrons. The van der Waals surface area contributed by atoms with Crippen LogP contribution in [0, 0.1) is 5.92 Å². The molecule has 0 bridgehead atoms. The number of ether oxygens (including phenoxy) is 1. The number of likely N-dealkylation sites (N-methyl/N-ethyl adjacent to an activating group) is 1. The number of guanidine groups is 1. The lowest BCUT2D eigenvalue weighted by molar-refractivity contribution is -0.121. The summed E-state index contributed by atoms with van der Waals surface area (Å²) in [6.07, 6.45) is 4.57. The molecule has 1 aromatic heterocycles. The molecule has 1 atom stereocenters. The monoisotopic (exact) mass is 369 g/mol. The van der Waals surface area contributed by atoms with Crippen LogP contribution < -0.4 is 5.32 Å². The summed E-state index contributed by atoms with van der Waals surface area (Å²) in [6.45, 7) is 4.89. The summed E-state index contributed by atoms with van der Waals surface area (Å²) in [6, 6.07) is 6.08. The Bertz CT molecular complexity index is 897. The zero-order valence-electron chi connectivity index (χ0n) is 16.6. The van der Waals surface area contributed by atoms with Crippen LogP contribution in [0.4, 0.5) is 0 Å². The zero-order valence-corrected chi connectivity index (χ0v) is 16.6. The van der Waals surface area contributed by atoms with Crippen LogP contribution in [0.5, 0.6) is 0 Å². The van der Waals surface area contributed by atoms with Crippen molar-refractivity contribution in [3.05, 3.63) is 35.7 Å². The van der Waals surface area contributed by atoms with E-state index in [1.165, 1.54) is 0 Å². The third kappa shape index (κ3) is 4.19. The van der Waals surface area contributed by atoms with Gasteiger partial charge in [0.05, 0.1) is 24.4 Å². The Balaban J connectivity index is 1.83. The first kappa shape index (κ1) is 19.1. The number of aryl methyl sites for hydroxylation is 1. The van der Waals surface area contributed by atoms with E-state index in [1.807, 2.05) is 42.2 Å². The van der Waals surface area contributed by atoms with Crippen molar-refractivity contribution in [3.63, 3.8) is 0 Å². The number of rotatable bonds is 6. The Morgan fingerprint density at radius 3 is 2.78 bits per heavy atom. The molecule has 2 heterocycles. The van der Waals surface area contributed by atoms with Gasteiger partial charge < -0.3 is 10.1 Å². The Labute approximate surface area is 159 Å². The van der Waals surface area contributed by atoms with Crippen molar-refractivity contribution in [1.29, 1.82) is 0 Å². The maximum absolute atomic E-state index is 12.6. The average Bonchev–Trinajstić information content (AvgIpc) is 3.10. The molecule has 1 aliphatic rings. The number of methoxy groups -OCH3 is 1. The Morgan fingerprint density at radius 2 is 2.07 bits per heavy atom. The summed E-state index contributed by atoms with van der Waals surface area (Å²) in [5.74, 6) is 0.961. The zero-order chi connectivity index (χ0) is 19.6. The maximum Gasteiger partial charge on any atom is 0.279 e. The van der Waals surface area contributed by atoms with Crippen LogP contribution in [0.2, 0.25) is 0 Å². The quantitative estimate of drug-likeness (QED) is 0.794. The van der Waals surface area contributed by atoms with Crippen molar-refractivity contribution in [3.8, 4) is 0 Å². The van der Waals surface area contributed by atoms with Gasteiger partial charge in [0.1, 0.15) is 5.70 Å². The second kappa shape index (κ2) is 7.92. The number of benzene rings is 1. The van der Waals surface area contributed by atoms with Crippen molar-refractivity contribution >= 4 is 28.8 Å². The molecule has 1 aliphatic heterocycles. The van der Waals surface area contributed by atoms with E-state index in [0.29, 0.717) is 24.2 Å². The molecule has 0 aliphatic carbocycles. The minimum atomic E-state index is -0.121. The molecule has 0 saturated heterocycles. The number of nitrogens with zero attached hydrogens (tertiary/aromatic N) is 4. The molecule has 1 aromatic carbocycles. The van der Waals surface area contributed by atoms with Gasteiger partial charge >= 0.3 is 0 Å². The van der Waals surface area contributed by atoms with Crippen molar-refractivity contribution in [2.45, 2.75) is 26.3 Å². The first-order valence-corrected chi connectivity index (χ1v) is 9.14. The van der Waals surface area contributed by atoms with E-state index < -0.39 is 0 Å². The molecule has 7 heteroatoms. The summed E-state index contributed by atoms with van der Waals surface area (Å²) in [5, 5.41) is 8.64. The Hall–Kier alpha value is -2.67. The van der Waals surface area contributed by atoms with Gasteiger partial charge in [-0.1, -0.05) is 19.9 Å². The highest BCUT2D eigenvalue weighted by Gasteiger charge is 2.28. The van der Waals surface area contributed by atoms with Gasteiger partial charge in [-0.2, -0.15) is 5.10 Å². The normalized spacial score (nSPS) is 17.3. The first-order valence-electron chi connectivity index (χ1n) is 9.14. The predicted molar refractivity (Wildman–Crippen MR) is 107 cm³/mol. The van der Waals surface area contributed by atoms with E-state index in [9.17, 15) is 4.79 Å². The van der Waals surface area contributed by atoms with E-state index in [2.05, 4.69) is 29.3 Å². The van der Waals surface area contributed by atoms with Crippen LogP contribution in [0.25, 0.3) is 17.0 Å². The van der Waals surface area contributed by atoms with E-state index in [0.717, 1.165) is 22.9 Å². The number of aliphatic imine (C=N–C) groups is 1. The smallest absolute Gasteiger partial charge is 0.279 e. The van der Waals surface area contributed by atoms with Crippen molar-refractivity contribution in [2.24, 2.45) is 18.0 Å². The highest BCUT2D eigenvalue weighted by atomic mass is 16.5. The number of carbonyl (C=O) groups excluding carboxylic acids is 1. The van der Waals surface area contributed by atoms with Gasteiger partial charge in [-0.05, 0) is 36.1 Å². The van der Waals surface area contributed by atoms with Crippen LogP contribution >= 0.6 is 0 Å². The van der Waals surface area contributed by atoms with Crippen LogP contribution in [0.1, 0.15) is 25.8 Å². The lowest BCUT2D eigenvalue weighted by Crippen LogP contribution is -2.45. The summed E-state index contributed by atoms with van der Waals surface area (Å²) in [4.78, 5) is 18.7. The molecule has 144 valence electrons. The molecule has 1 amide bonds. The highest BCUT2D eigenvalue weighted by Crippen LogP contribution is 2.20. The minimum absolute atomic E-state index is 0.107. The van der Waals surface area contributed by atoms with Crippen molar-refractivity contribution in [2.75, 3.05) is 20.8 Å². The van der Waals surface area contributed by atoms with Gasteiger partial charge in [0, 0.05) is 26.6 Å². The SMILES string of the molecule is COCC(CC(C)C)NC1=N/C(=C\c2ccc3c(cnn3C)c2)C(=O)N1C. The van der Waals surface area contributed by atoms with Crippen LogP contribution in [0.3, 0.4) is 0 Å². The summed E-state index contributed by atoms with van der Waals surface area (Å²) < 4.78 is 7.12. The molecule has 1 unspecified atom stereocenters. The number of fused-ring (bicyclic) bond motifs is 1. The van der Waals surface area contributed by atoms with Crippen LogP contribution in [-0.2, 0) is 16.6 Å². The largest absolute Gasteiger partial charge is 0.383 e. The molecule has 2 aromatic rings. The third-order valence-electron chi connectivity index (χ3n) is 4.60. The molecular weight excluding hydrogens is 342 g/mol. The summed E-state index contributed by atoms with van der Waals surface area (Å²) >= 11 is 0. The van der Waals surface area contributed by atoms with E-state index in [1.54, 1.807) is 19.1 Å². The minimum Gasteiger partial charge on any atom is -0.383 e. The number of hydrogen-bond acceptors (Lipinski definition) is 5. The molecular formula is C20H27N5O2. The van der Waals surface area contributed by atoms with Gasteiger partial charge in [0.25, 0.3) is 5.91 Å². The third-order valence-corrected chi connectivity index (χ3v) is 4.60. The Kier molecular flexibility index (Phi) is 5.60. The number of hydrogen-bond donors (Lipinski definition) is 1. The molecule has 27 heavy (non-hydrogen) atoms. The van der Waals surface area contributed by atoms with Gasteiger partial charge in [0.15, 0.2) is 0 Å². The molecule has 1 N–H and O–H groups in total. The standard InChI is InChI=1S/C20H27N5O2/c1-13(2)8-16(12-27-5)22-20-23-17(19(26)24(20)3)10-14-6-7-18-15(9-14)11-21-25(18)4/h6-7,9-11,13,16H,8,12H2,1-5H3,(H,22,23)/b17-10-. The predicted octanol–water partition coefficient (Wildman–Crippen LogP) is 2.39. The maximum atomic E-state index is 12.6.